The van der Waals surface area contributed by atoms with Crippen LogP contribution in [0.3, 0.4) is 0 Å². The summed E-state index contributed by atoms with van der Waals surface area (Å²) in [6.45, 7) is 3.90. The summed E-state index contributed by atoms with van der Waals surface area (Å²) in [5.41, 5.74) is 0.969. The average molecular weight is 369 g/mol. The van der Waals surface area contributed by atoms with E-state index in [-0.39, 0.29) is 22.9 Å². The Bertz CT molecular complexity index is 844. The monoisotopic (exact) mass is 369 g/mol. The number of ketones is 1. The smallest absolute Gasteiger partial charge is 0.280 e. The standard InChI is InChI=1S/C20H20FN3O3/c21-17-7-5-16(6-8-17)15-23-13-11-22(12-14-23)10-9-20(25)18-3-1-2-4-19(18)24(26)27/h1-10H,11-15H2/b10-9+. The zero-order chi connectivity index (χ0) is 19.2. The molecule has 0 amide bonds. The van der Waals surface area contributed by atoms with Crippen molar-refractivity contribution >= 4 is 11.5 Å². The molecule has 0 N–H and O–H groups in total. The molecule has 2 aromatic rings. The van der Waals surface area contributed by atoms with Gasteiger partial charge in [0.25, 0.3) is 5.69 Å². The molecule has 1 aliphatic heterocycles. The summed E-state index contributed by atoms with van der Waals surface area (Å²) >= 11 is 0. The van der Waals surface area contributed by atoms with Crippen LogP contribution in [0, 0.1) is 15.9 Å². The number of nitro groups is 1. The van der Waals surface area contributed by atoms with Gasteiger partial charge in [0.05, 0.1) is 10.5 Å². The summed E-state index contributed by atoms with van der Waals surface area (Å²) in [6.07, 6.45) is 3.09. The Balaban J connectivity index is 1.53. The summed E-state index contributed by atoms with van der Waals surface area (Å²) in [5.74, 6) is -0.618. The quantitative estimate of drug-likeness (QED) is 0.338. The number of nitro benzene ring substituents is 1. The van der Waals surface area contributed by atoms with E-state index in [9.17, 15) is 19.3 Å². The van der Waals surface area contributed by atoms with E-state index >= 15 is 0 Å². The molecule has 0 saturated carbocycles. The molecule has 0 unspecified atom stereocenters. The molecule has 2 aromatic carbocycles. The van der Waals surface area contributed by atoms with Crippen molar-refractivity contribution in [2.45, 2.75) is 6.54 Å². The second-order valence-corrected chi connectivity index (χ2v) is 6.39. The zero-order valence-electron chi connectivity index (χ0n) is 14.8. The number of benzene rings is 2. The first-order valence-electron chi connectivity index (χ1n) is 8.70. The van der Waals surface area contributed by atoms with Gasteiger partial charge in [0.15, 0.2) is 5.78 Å². The number of carbonyl (C=O) groups is 1. The highest BCUT2D eigenvalue weighted by Gasteiger charge is 2.18. The molecule has 1 heterocycles. The molecule has 1 saturated heterocycles. The highest BCUT2D eigenvalue weighted by molar-refractivity contribution is 6.07. The average Bonchev–Trinajstić information content (AvgIpc) is 2.69. The van der Waals surface area contributed by atoms with Crippen LogP contribution in [0.4, 0.5) is 10.1 Å². The molecule has 6 nitrogen and oxygen atoms in total. The van der Waals surface area contributed by atoms with Gasteiger partial charge >= 0.3 is 0 Å². The van der Waals surface area contributed by atoms with Gasteiger partial charge < -0.3 is 4.90 Å². The minimum Gasteiger partial charge on any atom is -0.375 e. The summed E-state index contributed by atoms with van der Waals surface area (Å²) in [6, 6.07) is 12.4. The molecule has 27 heavy (non-hydrogen) atoms. The van der Waals surface area contributed by atoms with Crippen LogP contribution in [0.15, 0.2) is 60.8 Å². The van der Waals surface area contributed by atoms with Crippen molar-refractivity contribution < 1.29 is 14.1 Å². The van der Waals surface area contributed by atoms with Crippen molar-refractivity contribution in [1.29, 1.82) is 0 Å². The van der Waals surface area contributed by atoms with E-state index < -0.39 is 4.92 Å². The van der Waals surface area contributed by atoms with Gasteiger partial charge in [-0.3, -0.25) is 19.8 Å². The van der Waals surface area contributed by atoms with Gasteiger partial charge in [0.1, 0.15) is 5.82 Å². The first-order chi connectivity index (χ1) is 13.0. The van der Waals surface area contributed by atoms with Gasteiger partial charge in [0.2, 0.25) is 0 Å². The van der Waals surface area contributed by atoms with Crippen LogP contribution >= 0.6 is 0 Å². The fraction of sp³-hybridized carbons (Fsp3) is 0.250. The summed E-state index contributed by atoms with van der Waals surface area (Å²) in [7, 11) is 0. The number of allylic oxidation sites excluding steroid dienone is 1. The van der Waals surface area contributed by atoms with E-state index in [0.29, 0.717) is 0 Å². The lowest BCUT2D eigenvalue weighted by Crippen LogP contribution is -2.43. The predicted molar refractivity (Wildman–Crippen MR) is 99.8 cm³/mol. The second kappa shape index (κ2) is 8.55. The second-order valence-electron chi connectivity index (χ2n) is 6.39. The van der Waals surface area contributed by atoms with Crippen LogP contribution in [-0.2, 0) is 6.54 Å². The fourth-order valence-electron chi connectivity index (χ4n) is 3.02. The minimum absolute atomic E-state index is 0.0914. The van der Waals surface area contributed by atoms with Crippen molar-refractivity contribution in [3.8, 4) is 0 Å². The number of para-hydroxylation sites is 1. The highest BCUT2D eigenvalue weighted by Crippen LogP contribution is 2.18. The first-order valence-corrected chi connectivity index (χ1v) is 8.70. The third-order valence-corrected chi connectivity index (χ3v) is 4.53. The van der Waals surface area contributed by atoms with Crippen LogP contribution in [0.5, 0.6) is 0 Å². The molecule has 3 rings (SSSR count). The Morgan fingerprint density at radius 3 is 2.41 bits per heavy atom. The van der Waals surface area contributed by atoms with Crippen molar-refractivity contribution in [3.63, 3.8) is 0 Å². The fourth-order valence-corrected chi connectivity index (χ4v) is 3.02. The third kappa shape index (κ3) is 4.98. The van der Waals surface area contributed by atoms with E-state index in [4.69, 9.17) is 0 Å². The van der Waals surface area contributed by atoms with Crippen molar-refractivity contribution in [2.24, 2.45) is 0 Å². The number of carbonyl (C=O) groups excluding carboxylic acids is 1. The molecular weight excluding hydrogens is 349 g/mol. The minimum atomic E-state index is -0.546. The summed E-state index contributed by atoms with van der Waals surface area (Å²) in [5, 5.41) is 11.0. The molecule has 0 aliphatic carbocycles. The number of halogens is 1. The van der Waals surface area contributed by atoms with Crippen LogP contribution < -0.4 is 0 Å². The van der Waals surface area contributed by atoms with Gasteiger partial charge in [-0.05, 0) is 23.8 Å². The SMILES string of the molecule is O=C(/C=C/N1CCN(Cc2ccc(F)cc2)CC1)c1ccccc1[N+](=O)[O-]. The predicted octanol–water partition coefficient (Wildman–Crippen LogP) is 3.25. The molecule has 1 fully saturated rings. The zero-order valence-corrected chi connectivity index (χ0v) is 14.8. The molecule has 0 atom stereocenters. The number of hydrogen-bond donors (Lipinski definition) is 0. The molecule has 140 valence electrons. The van der Waals surface area contributed by atoms with Gasteiger partial charge in [-0.2, -0.15) is 0 Å². The lowest BCUT2D eigenvalue weighted by atomic mass is 10.1. The molecule has 0 radical (unpaired) electrons. The molecule has 7 heteroatoms. The largest absolute Gasteiger partial charge is 0.375 e. The Morgan fingerprint density at radius 1 is 1.07 bits per heavy atom. The van der Waals surface area contributed by atoms with E-state index in [2.05, 4.69) is 4.90 Å². The highest BCUT2D eigenvalue weighted by atomic mass is 19.1. The van der Waals surface area contributed by atoms with Crippen LogP contribution in [-0.4, -0.2) is 46.7 Å². The van der Waals surface area contributed by atoms with Crippen LogP contribution in [0.1, 0.15) is 15.9 Å². The van der Waals surface area contributed by atoms with Crippen molar-refractivity contribution in [1.82, 2.24) is 9.80 Å². The number of hydrogen-bond acceptors (Lipinski definition) is 5. The lowest BCUT2D eigenvalue weighted by Gasteiger charge is -2.34. The Hall–Kier alpha value is -3.06. The molecular formula is C20H20FN3O3. The normalized spacial score (nSPS) is 15.2. The molecule has 1 aliphatic rings. The first kappa shape index (κ1) is 18.7. The lowest BCUT2D eigenvalue weighted by molar-refractivity contribution is -0.385. The maximum absolute atomic E-state index is 13.0. The molecule has 0 aromatic heterocycles. The maximum Gasteiger partial charge on any atom is 0.280 e. The van der Waals surface area contributed by atoms with Gasteiger partial charge in [-0.1, -0.05) is 24.3 Å². The maximum atomic E-state index is 13.0. The number of rotatable bonds is 6. The van der Waals surface area contributed by atoms with Crippen LogP contribution in [0.2, 0.25) is 0 Å². The number of nitrogens with zero attached hydrogens (tertiary/aromatic N) is 3. The third-order valence-electron chi connectivity index (χ3n) is 4.53. The van der Waals surface area contributed by atoms with Gasteiger partial charge in [0, 0.05) is 51.1 Å². The van der Waals surface area contributed by atoms with E-state index in [1.165, 1.54) is 30.3 Å². The molecule has 0 spiro atoms. The van der Waals surface area contributed by atoms with E-state index in [1.807, 2.05) is 4.90 Å². The van der Waals surface area contributed by atoms with E-state index in [0.717, 1.165) is 38.3 Å². The topological polar surface area (TPSA) is 66.7 Å². The Kier molecular flexibility index (Phi) is 5.93. The van der Waals surface area contributed by atoms with Gasteiger partial charge in [-0.25, -0.2) is 4.39 Å². The van der Waals surface area contributed by atoms with Crippen molar-refractivity contribution in [3.05, 3.63) is 87.9 Å². The van der Waals surface area contributed by atoms with Crippen LogP contribution in [0.25, 0.3) is 0 Å². The summed E-state index contributed by atoms with van der Waals surface area (Å²) in [4.78, 5) is 27.1. The van der Waals surface area contributed by atoms with Crippen molar-refractivity contribution in [2.75, 3.05) is 26.2 Å². The van der Waals surface area contributed by atoms with Gasteiger partial charge in [-0.15, -0.1) is 0 Å². The summed E-state index contributed by atoms with van der Waals surface area (Å²) < 4.78 is 13.0. The molecule has 0 bridgehead atoms. The number of piperazine rings is 1. The Morgan fingerprint density at radius 2 is 1.74 bits per heavy atom. The Labute approximate surface area is 156 Å². The van der Waals surface area contributed by atoms with E-state index in [1.54, 1.807) is 30.5 Å².